The average molecular weight is 289 g/mol. The van der Waals surface area contributed by atoms with Crippen molar-refractivity contribution < 1.29 is 13.2 Å². The fourth-order valence-electron chi connectivity index (χ4n) is 2.56. The molecule has 1 heterocycles. The molecule has 7 heteroatoms. The second-order valence-corrected chi connectivity index (χ2v) is 7.53. The molecule has 0 radical (unpaired) electrons. The van der Waals surface area contributed by atoms with E-state index >= 15 is 0 Å². The number of nitrogens with one attached hydrogen (secondary N) is 2. The number of amides is 2. The van der Waals surface area contributed by atoms with Gasteiger partial charge in [-0.25, -0.2) is 17.9 Å². The van der Waals surface area contributed by atoms with Crippen molar-refractivity contribution >= 4 is 16.1 Å². The van der Waals surface area contributed by atoms with Crippen LogP contribution in [0.4, 0.5) is 4.79 Å². The normalized spacial score (nSPS) is 26.0. The summed E-state index contributed by atoms with van der Waals surface area (Å²) in [7, 11) is -3.21. The van der Waals surface area contributed by atoms with Gasteiger partial charge < -0.3 is 10.2 Å². The van der Waals surface area contributed by atoms with Gasteiger partial charge in [0.15, 0.2) is 0 Å². The SMILES string of the molecule is C[C@H](NC(=O)N1CCC[C@@H](NS(C)(=O)=O)C1)C1CC1. The van der Waals surface area contributed by atoms with Crippen LogP contribution in [0.2, 0.25) is 0 Å². The van der Waals surface area contributed by atoms with Crippen LogP contribution in [-0.4, -0.2) is 50.8 Å². The second-order valence-electron chi connectivity index (χ2n) is 5.75. The van der Waals surface area contributed by atoms with Gasteiger partial charge in [-0.05, 0) is 38.5 Å². The number of carbonyl (C=O) groups is 1. The molecule has 6 nitrogen and oxygen atoms in total. The minimum Gasteiger partial charge on any atom is -0.335 e. The zero-order chi connectivity index (χ0) is 14.0. The van der Waals surface area contributed by atoms with Gasteiger partial charge in [0.2, 0.25) is 10.0 Å². The predicted octanol–water partition coefficient (Wildman–Crippen LogP) is 0.508. The van der Waals surface area contributed by atoms with E-state index in [1.165, 1.54) is 12.8 Å². The molecule has 0 bridgehead atoms. The van der Waals surface area contributed by atoms with Crippen LogP contribution in [0, 0.1) is 5.92 Å². The Hall–Kier alpha value is -0.820. The molecule has 19 heavy (non-hydrogen) atoms. The van der Waals surface area contributed by atoms with E-state index in [0.717, 1.165) is 19.1 Å². The zero-order valence-electron chi connectivity index (χ0n) is 11.6. The molecule has 2 amide bonds. The van der Waals surface area contributed by atoms with Crippen LogP contribution in [0.25, 0.3) is 0 Å². The molecular weight excluding hydrogens is 266 g/mol. The summed E-state index contributed by atoms with van der Waals surface area (Å²) in [5.74, 6) is 0.624. The van der Waals surface area contributed by atoms with Gasteiger partial charge in [0.25, 0.3) is 0 Å². The maximum absolute atomic E-state index is 12.1. The highest BCUT2D eigenvalue weighted by molar-refractivity contribution is 7.88. The minimum absolute atomic E-state index is 0.0700. The third kappa shape index (κ3) is 4.65. The van der Waals surface area contributed by atoms with Crippen LogP contribution < -0.4 is 10.0 Å². The first-order chi connectivity index (χ1) is 8.85. The van der Waals surface area contributed by atoms with Gasteiger partial charge in [-0.1, -0.05) is 0 Å². The number of likely N-dealkylation sites (tertiary alicyclic amines) is 1. The van der Waals surface area contributed by atoms with Gasteiger partial charge >= 0.3 is 6.03 Å². The average Bonchev–Trinajstić information content (AvgIpc) is 3.10. The highest BCUT2D eigenvalue weighted by atomic mass is 32.2. The minimum atomic E-state index is -3.21. The molecule has 0 spiro atoms. The Balaban J connectivity index is 1.84. The number of nitrogens with zero attached hydrogens (tertiary/aromatic N) is 1. The summed E-state index contributed by atoms with van der Waals surface area (Å²) in [5.41, 5.74) is 0. The van der Waals surface area contributed by atoms with Crippen LogP contribution in [0.3, 0.4) is 0 Å². The summed E-state index contributed by atoms with van der Waals surface area (Å²) in [4.78, 5) is 13.8. The first kappa shape index (κ1) is 14.6. The number of urea groups is 1. The van der Waals surface area contributed by atoms with Crippen LogP contribution in [-0.2, 0) is 10.0 Å². The maximum Gasteiger partial charge on any atom is 0.317 e. The number of sulfonamides is 1. The largest absolute Gasteiger partial charge is 0.335 e. The van der Waals surface area contributed by atoms with E-state index < -0.39 is 10.0 Å². The van der Waals surface area contributed by atoms with E-state index in [4.69, 9.17) is 0 Å². The van der Waals surface area contributed by atoms with E-state index in [1.807, 2.05) is 6.92 Å². The van der Waals surface area contributed by atoms with E-state index in [1.54, 1.807) is 4.90 Å². The number of hydrogen-bond donors (Lipinski definition) is 2. The van der Waals surface area contributed by atoms with Crippen molar-refractivity contribution in [2.75, 3.05) is 19.3 Å². The van der Waals surface area contributed by atoms with Gasteiger partial charge in [-0.2, -0.15) is 0 Å². The second kappa shape index (κ2) is 5.66. The molecule has 1 aliphatic heterocycles. The molecule has 1 saturated carbocycles. The third-order valence-electron chi connectivity index (χ3n) is 3.77. The number of carbonyl (C=O) groups excluding carboxylic acids is 1. The first-order valence-corrected chi connectivity index (χ1v) is 8.77. The number of rotatable bonds is 4. The summed E-state index contributed by atoms with van der Waals surface area (Å²) in [6.45, 7) is 3.19. The topological polar surface area (TPSA) is 78.5 Å². The smallest absolute Gasteiger partial charge is 0.317 e. The highest BCUT2D eigenvalue weighted by Gasteiger charge is 2.31. The quantitative estimate of drug-likeness (QED) is 0.791. The van der Waals surface area contributed by atoms with Crippen molar-refractivity contribution in [2.24, 2.45) is 5.92 Å². The summed E-state index contributed by atoms with van der Waals surface area (Å²) < 4.78 is 25.0. The number of piperidine rings is 1. The lowest BCUT2D eigenvalue weighted by molar-refractivity contribution is 0.173. The molecule has 1 aliphatic carbocycles. The fourth-order valence-corrected chi connectivity index (χ4v) is 3.36. The molecule has 0 aromatic heterocycles. The monoisotopic (exact) mass is 289 g/mol. The van der Waals surface area contributed by atoms with Crippen LogP contribution in [0.1, 0.15) is 32.6 Å². The van der Waals surface area contributed by atoms with Gasteiger partial charge in [-0.15, -0.1) is 0 Å². The zero-order valence-corrected chi connectivity index (χ0v) is 12.4. The molecule has 1 saturated heterocycles. The molecule has 2 atom stereocenters. The van der Waals surface area contributed by atoms with Crippen LogP contribution in [0.15, 0.2) is 0 Å². The Morgan fingerprint density at radius 3 is 2.58 bits per heavy atom. The van der Waals surface area contributed by atoms with Crippen molar-refractivity contribution in [3.05, 3.63) is 0 Å². The summed E-state index contributed by atoms with van der Waals surface area (Å²) >= 11 is 0. The lowest BCUT2D eigenvalue weighted by atomic mass is 10.1. The van der Waals surface area contributed by atoms with Gasteiger partial charge in [0.1, 0.15) is 0 Å². The Kier molecular flexibility index (Phi) is 4.35. The molecule has 0 aromatic carbocycles. The van der Waals surface area contributed by atoms with Crippen molar-refractivity contribution in [3.63, 3.8) is 0 Å². The fraction of sp³-hybridized carbons (Fsp3) is 0.917. The Bertz CT molecular complexity index is 434. The Morgan fingerprint density at radius 1 is 1.32 bits per heavy atom. The van der Waals surface area contributed by atoms with Crippen LogP contribution >= 0.6 is 0 Å². The molecule has 2 aliphatic rings. The van der Waals surface area contributed by atoms with E-state index in [0.29, 0.717) is 19.0 Å². The number of hydrogen-bond acceptors (Lipinski definition) is 3. The molecule has 2 rings (SSSR count). The highest BCUT2D eigenvalue weighted by Crippen LogP contribution is 2.32. The summed E-state index contributed by atoms with van der Waals surface area (Å²) in [6, 6.07) is -0.0131. The van der Waals surface area contributed by atoms with Gasteiger partial charge in [0, 0.05) is 25.2 Å². The van der Waals surface area contributed by atoms with Gasteiger partial charge in [-0.3, -0.25) is 0 Å². The summed E-state index contributed by atoms with van der Waals surface area (Å²) in [6.07, 6.45) is 5.16. The molecule has 2 fully saturated rings. The molecule has 110 valence electrons. The van der Waals surface area contributed by atoms with Crippen LogP contribution in [0.5, 0.6) is 0 Å². The molecule has 2 N–H and O–H groups in total. The lowest BCUT2D eigenvalue weighted by Gasteiger charge is -2.33. The van der Waals surface area contributed by atoms with Crippen molar-refractivity contribution in [1.29, 1.82) is 0 Å². The van der Waals surface area contributed by atoms with Crippen molar-refractivity contribution in [1.82, 2.24) is 14.9 Å². The lowest BCUT2D eigenvalue weighted by Crippen LogP contribution is -2.53. The molecule has 0 aromatic rings. The molecular formula is C12H23N3O3S. The van der Waals surface area contributed by atoms with Crippen molar-refractivity contribution in [2.45, 2.75) is 44.7 Å². The maximum atomic E-state index is 12.1. The standard InChI is InChI=1S/C12H23N3O3S/c1-9(10-5-6-10)13-12(16)15-7-3-4-11(8-15)14-19(2,17)18/h9-11,14H,3-8H2,1-2H3,(H,13,16)/t9-,11+/m0/s1. The molecule has 0 unspecified atom stereocenters. The van der Waals surface area contributed by atoms with E-state index in [2.05, 4.69) is 10.0 Å². The van der Waals surface area contributed by atoms with E-state index in [9.17, 15) is 13.2 Å². The third-order valence-corrected chi connectivity index (χ3v) is 4.53. The Morgan fingerprint density at radius 2 is 2.00 bits per heavy atom. The predicted molar refractivity (Wildman–Crippen MR) is 73.3 cm³/mol. The van der Waals surface area contributed by atoms with Crippen molar-refractivity contribution in [3.8, 4) is 0 Å². The first-order valence-electron chi connectivity index (χ1n) is 6.88. The Labute approximate surface area is 115 Å². The summed E-state index contributed by atoms with van der Waals surface area (Å²) in [5, 5.41) is 3.00. The van der Waals surface area contributed by atoms with Gasteiger partial charge in [0.05, 0.1) is 6.26 Å². The van der Waals surface area contributed by atoms with E-state index in [-0.39, 0.29) is 18.1 Å².